The highest BCUT2D eigenvalue weighted by molar-refractivity contribution is 5.06. The van der Waals surface area contributed by atoms with Crippen LogP contribution in [0.2, 0.25) is 0 Å². The molecule has 1 saturated carbocycles. The normalized spacial score (nSPS) is 32.5. The van der Waals surface area contributed by atoms with Crippen LogP contribution in [0.1, 0.15) is 59.3 Å². The lowest BCUT2D eigenvalue weighted by molar-refractivity contribution is 0.292. The average Bonchev–Trinajstić information content (AvgIpc) is 2.64. The molecule has 0 aromatic heterocycles. The summed E-state index contributed by atoms with van der Waals surface area (Å²) in [6.07, 6.45) is 10.9. The smallest absolute Gasteiger partial charge is 0.000528 e. The van der Waals surface area contributed by atoms with Crippen LogP contribution in [0.5, 0.6) is 0 Å². The highest BCUT2D eigenvalue weighted by Gasteiger charge is 2.28. The molecule has 0 aromatic carbocycles. The molecule has 1 nitrogen and oxygen atoms in total. The largest absolute Gasteiger partial charge is 0.316 e. The van der Waals surface area contributed by atoms with Gasteiger partial charge in [-0.05, 0) is 56.4 Å². The van der Waals surface area contributed by atoms with Gasteiger partial charge in [0.2, 0.25) is 0 Å². The third kappa shape index (κ3) is 3.84. The van der Waals surface area contributed by atoms with E-state index in [4.69, 9.17) is 0 Å². The van der Waals surface area contributed by atoms with E-state index in [-0.39, 0.29) is 0 Å². The zero-order valence-corrected chi connectivity index (χ0v) is 11.9. The molecule has 0 radical (unpaired) electrons. The molecule has 2 rings (SSSR count). The number of nitrogens with one attached hydrogen (secondary N) is 1. The van der Waals surface area contributed by atoms with Crippen molar-refractivity contribution in [3.63, 3.8) is 0 Å². The molecule has 0 bridgehead atoms. The van der Waals surface area contributed by atoms with Crippen molar-refractivity contribution < 1.29 is 0 Å². The number of rotatable bonds is 4. The number of allylic oxidation sites excluding steroid dienone is 2. The van der Waals surface area contributed by atoms with Crippen LogP contribution in [-0.4, -0.2) is 13.1 Å². The molecule has 2 aliphatic rings. The molecule has 1 N–H and O–H groups in total. The van der Waals surface area contributed by atoms with Gasteiger partial charge in [0.15, 0.2) is 0 Å². The fourth-order valence-corrected chi connectivity index (χ4v) is 3.83. The van der Waals surface area contributed by atoms with Gasteiger partial charge in [-0.1, -0.05) is 38.3 Å². The van der Waals surface area contributed by atoms with Gasteiger partial charge in [-0.25, -0.2) is 0 Å². The van der Waals surface area contributed by atoms with Crippen molar-refractivity contribution in [2.45, 2.75) is 59.3 Å². The molecule has 0 spiro atoms. The fourth-order valence-electron chi connectivity index (χ4n) is 3.83. The molecule has 17 heavy (non-hydrogen) atoms. The molecule has 0 aliphatic heterocycles. The summed E-state index contributed by atoms with van der Waals surface area (Å²) in [7, 11) is 0. The summed E-state index contributed by atoms with van der Waals surface area (Å²) in [6, 6.07) is 0. The summed E-state index contributed by atoms with van der Waals surface area (Å²) in [5, 5.41) is 3.75. The summed E-state index contributed by atoms with van der Waals surface area (Å²) in [6.45, 7) is 9.57. The standard InChI is InChI=1S/C16H29N/c1-13-8-14(2)10-15(9-13)11-17-12-16(3)6-4-5-7-16/h8,13,15,17H,4-7,9-12H2,1-3H3. The van der Waals surface area contributed by atoms with E-state index in [0.29, 0.717) is 5.41 Å². The third-order valence-electron chi connectivity index (χ3n) is 4.68. The number of hydrogen-bond donors (Lipinski definition) is 1. The van der Waals surface area contributed by atoms with E-state index < -0.39 is 0 Å². The first-order chi connectivity index (χ1) is 8.07. The Kier molecular flexibility index (Phi) is 4.30. The van der Waals surface area contributed by atoms with E-state index >= 15 is 0 Å². The van der Waals surface area contributed by atoms with Crippen molar-refractivity contribution in [1.29, 1.82) is 0 Å². The fraction of sp³-hybridized carbons (Fsp3) is 0.875. The molecule has 0 amide bonds. The van der Waals surface area contributed by atoms with Gasteiger partial charge in [-0.3, -0.25) is 0 Å². The lowest BCUT2D eigenvalue weighted by Gasteiger charge is -2.29. The molecule has 2 atom stereocenters. The minimum absolute atomic E-state index is 0.602. The predicted octanol–water partition coefficient (Wildman–Crippen LogP) is 4.15. The maximum absolute atomic E-state index is 3.75. The first-order valence-corrected chi connectivity index (χ1v) is 7.45. The van der Waals surface area contributed by atoms with E-state index in [1.165, 1.54) is 51.6 Å². The average molecular weight is 235 g/mol. The molecular weight excluding hydrogens is 206 g/mol. The Morgan fingerprint density at radius 2 is 2.06 bits per heavy atom. The number of hydrogen-bond acceptors (Lipinski definition) is 1. The summed E-state index contributed by atoms with van der Waals surface area (Å²) >= 11 is 0. The van der Waals surface area contributed by atoms with Crippen LogP contribution in [0.4, 0.5) is 0 Å². The second-order valence-corrected chi connectivity index (χ2v) is 6.94. The van der Waals surface area contributed by atoms with Gasteiger partial charge < -0.3 is 5.32 Å². The van der Waals surface area contributed by atoms with E-state index in [1.807, 2.05) is 0 Å². The van der Waals surface area contributed by atoms with Crippen LogP contribution >= 0.6 is 0 Å². The van der Waals surface area contributed by atoms with Gasteiger partial charge in [-0.2, -0.15) is 0 Å². The van der Waals surface area contributed by atoms with Crippen molar-refractivity contribution in [2.24, 2.45) is 17.3 Å². The van der Waals surface area contributed by atoms with Crippen LogP contribution in [0.15, 0.2) is 11.6 Å². The van der Waals surface area contributed by atoms with E-state index in [9.17, 15) is 0 Å². The van der Waals surface area contributed by atoms with Crippen molar-refractivity contribution in [2.75, 3.05) is 13.1 Å². The topological polar surface area (TPSA) is 12.0 Å². The lowest BCUT2D eigenvalue weighted by Crippen LogP contribution is -2.34. The van der Waals surface area contributed by atoms with E-state index in [1.54, 1.807) is 5.57 Å². The van der Waals surface area contributed by atoms with E-state index in [2.05, 4.69) is 32.2 Å². The van der Waals surface area contributed by atoms with Crippen molar-refractivity contribution in [3.8, 4) is 0 Å². The van der Waals surface area contributed by atoms with Crippen molar-refractivity contribution in [3.05, 3.63) is 11.6 Å². The molecule has 0 heterocycles. The Hall–Kier alpha value is -0.300. The molecule has 2 aliphatic carbocycles. The van der Waals surface area contributed by atoms with Gasteiger partial charge in [-0.15, -0.1) is 0 Å². The zero-order chi connectivity index (χ0) is 12.3. The van der Waals surface area contributed by atoms with Crippen LogP contribution in [0.3, 0.4) is 0 Å². The molecule has 98 valence electrons. The van der Waals surface area contributed by atoms with Gasteiger partial charge in [0.1, 0.15) is 0 Å². The zero-order valence-electron chi connectivity index (χ0n) is 11.9. The Morgan fingerprint density at radius 1 is 1.35 bits per heavy atom. The SMILES string of the molecule is CC1=CC(C)CC(CNCC2(C)CCCC2)C1. The van der Waals surface area contributed by atoms with E-state index in [0.717, 1.165) is 11.8 Å². The summed E-state index contributed by atoms with van der Waals surface area (Å²) in [5.74, 6) is 1.66. The monoisotopic (exact) mass is 235 g/mol. The maximum Gasteiger partial charge on any atom is 0.000528 e. The lowest BCUT2D eigenvalue weighted by atomic mass is 9.83. The molecule has 1 heteroatoms. The molecular formula is C16H29N. The first-order valence-electron chi connectivity index (χ1n) is 7.45. The summed E-state index contributed by atoms with van der Waals surface area (Å²) in [5.41, 5.74) is 2.20. The summed E-state index contributed by atoms with van der Waals surface area (Å²) < 4.78 is 0. The Morgan fingerprint density at radius 3 is 2.71 bits per heavy atom. The highest BCUT2D eigenvalue weighted by atomic mass is 14.9. The Bertz CT molecular complexity index is 273. The molecule has 0 saturated heterocycles. The maximum atomic E-state index is 3.75. The summed E-state index contributed by atoms with van der Waals surface area (Å²) in [4.78, 5) is 0. The second kappa shape index (κ2) is 5.56. The molecule has 2 unspecified atom stereocenters. The predicted molar refractivity (Wildman–Crippen MR) is 75.1 cm³/mol. The quantitative estimate of drug-likeness (QED) is 0.722. The Labute approximate surface area is 107 Å². The first kappa shape index (κ1) is 13.1. The van der Waals surface area contributed by atoms with Gasteiger partial charge in [0.25, 0.3) is 0 Å². The highest BCUT2D eigenvalue weighted by Crippen LogP contribution is 2.36. The van der Waals surface area contributed by atoms with Gasteiger partial charge in [0, 0.05) is 6.54 Å². The van der Waals surface area contributed by atoms with Crippen LogP contribution < -0.4 is 5.32 Å². The molecule has 0 aromatic rings. The van der Waals surface area contributed by atoms with Crippen LogP contribution in [-0.2, 0) is 0 Å². The van der Waals surface area contributed by atoms with Crippen molar-refractivity contribution >= 4 is 0 Å². The van der Waals surface area contributed by atoms with Gasteiger partial charge >= 0.3 is 0 Å². The van der Waals surface area contributed by atoms with Crippen LogP contribution in [0.25, 0.3) is 0 Å². The third-order valence-corrected chi connectivity index (χ3v) is 4.68. The Balaban J connectivity index is 1.70. The van der Waals surface area contributed by atoms with Crippen molar-refractivity contribution in [1.82, 2.24) is 5.32 Å². The van der Waals surface area contributed by atoms with Gasteiger partial charge in [0.05, 0.1) is 0 Å². The van der Waals surface area contributed by atoms with Crippen LogP contribution in [0, 0.1) is 17.3 Å². The minimum atomic E-state index is 0.602. The molecule has 1 fully saturated rings. The minimum Gasteiger partial charge on any atom is -0.316 e. The second-order valence-electron chi connectivity index (χ2n) is 6.94.